The third kappa shape index (κ3) is 3.75. The molecule has 2 amide bonds. The molecule has 0 saturated carbocycles. The van der Waals surface area contributed by atoms with E-state index < -0.39 is 0 Å². The number of carbonyl (C=O) groups is 2. The standard InChI is InChI=1S/C21H17ClN2O2S/c22-16-6-1-4-15(12-16)20(25)23-17-8-9-18-14(13-17)5-2-10-24(18)21(26)19-7-3-11-27-19/h1,3-4,6-9,11-13H,2,5,10H2,(H,23,25). The van der Waals surface area contributed by atoms with Gasteiger partial charge in [-0.05, 0) is 66.2 Å². The summed E-state index contributed by atoms with van der Waals surface area (Å²) in [5.41, 5.74) is 3.20. The van der Waals surface area contributed by atoms with Gasteiger partial charge in [-0.25, -0.2) is 0 Å². The quantitative estimate of drug-likeness (QED) is 0.657. The van der Waals surface area contributed by atoms with E-state index in [0.29, 0.717) is 22.8 Å². The van der Waals surface area contributed by atoms with E-state index in [2.05, 4.69) is 5.32 Å². The molecule has 0 bridgehead atoms. The van der Waals surface area contributed by atoms with Crippen LogP contribution in [0.15, 0.2) is 60.0 Å². The number of aryl methyl sites for hydroxylation is 1. The minimum atomic E-state index is -0.209. The Hall–Kier alpha value is -2.63. The van der Waals surface area contributed by atoms with E-state index in [1.54, 1.807) is 24.3 Å². The Bertz CT molecular complexity index is 1000. The van der Waals surface area contributed by atoms with Crippen LogP contribution in [0, 0.1) is 0 Å². The lowest BCUT2D eigenvalue weighted by atomic mass is 10.0. The fourth-order valence-electron chi connectivity index (χ4n) is 3.25. The summed E-state index contributed by atoms with van der Waals surface area (Å²) in [6.45, 7) is 0.706. The lowest BCUT2D eigenvalue weighted by Crippen LogP contribution is -2.35. The molecule has 136 valence electrons. The summed E-state index contributed by atoms with van der Waals surface area (Å²) >= 11 is 7.41. The number of thiophene rings is 1. The van der Waals surface area contributed by atoms with E-state index in [1.807, 2.05) is 40.6 Å². The molecule has 0 spiro atoms. The maximum atomic E-state index is 12.8. The highest BCUT2D eigenvalue weighted by atomic mass is 35.5. The van der Waals surface area contributed by atoms with Gasteiger partial charge in [0.15, 0.2) is 0 Å². The molecule has 1 aromatic heterocycles. The van der Waals surface area contributed by atoms with Crippen LogP contribution in [0.3, 0.4) is 0 Å². The first-order chi connectivity index (χ1) is 13.1. The van der Waals surface area contributed by atoms with E-state index in [1.165, 1.54) is 11.3 Å². The van der Waals surface area contributed by atoms with E-state index in [0.717, 1.165) is 29.0 Å². The molecule has 1 aliphatic rings. The van der Waals surface area contributed by atoms with Gasteiger partial charge >= 0.3 is 0 Å². The first kappa shape index (κ1) is 17.8. The zero-order valence-corrected chi connectivity index (χ0v) is 16.0. The Morgan fingerprint density at radius 1 is 1.07 bits per heavy atom. The highest BCUT2D eigenvalue weighted by Gasteiger charge is 2.24. The number of carbonyl (C=O) groups excluding carboxylic acids is 2. The molecule has 2 heterocycles. The second-order valence-corrected chi connectivity index (χ2v) is 7.73. The number of benzene rings is 2. The van der Waals surface area contributed by atoms with Crippen molar-refractivity contribution >= 4 is 46.1 Å². The van der Waals surface area contributed by atoms with Gasteiger partial charge in [-0.2, -0.15) is 0 Å². The molecule has 0 aliphatic carbocycles. The monoisotopic (exact) mass is 396 g/mol. The smallest absolute Gasteiger partial charge is 0.268 e. The minimum absolute atomic E-state index is 0.0293. The van der Waals surface area contributed by atoms with Gasteiger partial charge < -0.3 is 10.2 Å². The Labute approximate surface area is 166 Å². The molecule has 0 radical (unpaired) electrons. The molecule has 0 atom stereocenters. The van der Waals surface area contributed by atoms with Crippen molar-refractivity contribution in [2.75, 3.05) is 16.8 Å². The average Bonchev–Trinajstić information content (AvgIpc) is 3.21. The summed E-state index contributed by atoms with van der Waals surface area (Å²) in [6.07, 6.45) is 1.78. The van der Waals surface area contributed by atoms with Crippen molar-refractivity contribution in [2.24, 2.45) is 0 Å². The second-order valence-electron chi connectivity index (χ2n) is 6.35. The first-order valence-electron chi connectivity index (χ1n) is 8.67. The molecular formula is C21H17ClN2O2S. The number of fused-ring (bicyclic) bond motifs is 1. The number of halogens is 1. The van der Waals surface area contributed by atoms with E-state index in [9.17, 15) is 9.59 Å². The highest BCUT2D eigenvalue weighted by molar-refractivity contribution is 7.12. The van der Waals surface area contributed by atoms with Crippen LogP contribution in [0.4, 0.5) is 11.4 Å². The number of hydrogen-bond acceptors (Lipinski definition) is 3. The predicted octanol–water partition coefficient (Wildman–Crippen LogP) is 5.25. The number of hydrogen-bond donors (Lipinski definition) is 1. The van der Waals surface area contributed by atoms with Gasteiger partial charge in [0.2, 0.25) is 0 Å². The molecule has 0 fully saturated rings. The zero-order chi connectivity index (χ0) is 18.8. The molecule has 27 heavy (non-hydrogen) atoms. The van der Waals surface area contributed by atoms with Gasteiger partial charge in [-0.1, -0.05) is 23.7 Å². The Morgan fingerprint density at radius 2 is 1.96 bits per heavy atom. The average molecular weight is 397 g/mol. The molecule has 2 aromatic carbocycles. The summed E-state index contributed by atoms with van der Waals surface area (Å²) in [4.78, 5) is 27.8. The van der Waals surface area contributed by atoms with E-state index in [-0.39, 0.29) is 11.8 Å². The minimum Gasteiger partial charge on any atom is -0.322 e. The van der Waals surface area contributed by atoms with Crippen LogP contribution < -0.4 is 10.2 Å². The summed E-state index contributed by atoms with van der Waals surface area (Å²) in [5.74, 6) is -0.179. The second kappa shape index (κ2) is 7.55. The lowest BCUT2D eigenvalue weighted by molar-refractivity contribution is 0.0987. The topological polar surface area (TPSA) is 49.4 Å². The number of anilines is 2. The molecule has 0 unspecified atom stereocenters. The van der Waals surface area contributed by atoms with Gasteiger partial charge in [0.25, 0.3) is 11.8 Å². The lowest BCUT2D eigenvalue weighted by Gasteiger charge is -2.29. The zero-order valence-electron chi connectivity index (χ0n) is 14.4. The van der Waals surface area contributed by atoms with Crippen LogP contribution in [-0.2, 0) is 6.42 Å². The van der Waals surface area contributed by atoms with Gasteiger partial charge in [0.05, 0.1) is 4.88 Å². The van der Waals surface area contributed by atoms with Crippen LogP contribution in [0.1, 0.15) is 32.0 Å². The third-order valence-corrected chi connectivity index (χ3v) is 5.61. The molecule has 4 nitrogen and oxygen atoms in total. The molecule has 1 aliphatic heterocycles. The molecule has 1 N–H and O–H groups in total. The normalized spacial score (nSPS) is 13.1. The molecule has 4 rings (SSSR count). The van der Waals surface area contributed by atoms with Crippen LogP contribution in [0.2, 0.25) is 5.02 Å². The fraction of sp³-hybridized carbons (Fsp3) is 0.143. The Kier molecular flexibility index (Phi) is 4.97. The molecule has 0 saturated heterocycles. The van der Waals surface area contributed by atoms with Crippen molar-refractivity contribution in [1.29, 1.82) is 0 Å². The summed E-state index contributed by atoms with van der Waals surface area (Å²) in [6, 6.07) is 16.3. The highest BCUT2D eigenvalue weighted by Crippen LogP contribution is 2.31. The maximum absolute atomic E-state index is 12.8. The van der Waals surface area contributed by atoms with Gasteiger partial charge in [-0.15, -0.1) is 11.3 Å². The van der Waals surface area contributed by atoms with Crippen molar-refractivity contribution < 1.29 is 9.59 Å². The first-order valence-corrected chi connectivity index (χ1v) is 9.93. The Balaban J connectivity index is 1.56. The number of rotatable bonds is 3. The SMILES string of the molecule is O=C(Nc1ccc2c(c1)CCCN2C(=O)c1cccs1)c1cccc(Cl)c1. The van der Waals surface area contributed by atoms with Crippen LogP contribution in [0.25, 0.3) is 0 Å². The van der Waals surface area contributed by atoms with Gasteiger partial charge in [0.1, 0.15) is 0 Å². The van der Waals surface area contributed by atoms with Gasteiger partial charge in [-0.3, -0.25) is 9.59 Å². The van der Waals surface area contributed by atoms with Crippen molar-refractivity contribution in [3.8, 4) is 0 Å². The number of nitrogens with zero attached hydrogens (tertiary/aromatic N) is 1. The fourth-order valence-corrected chi connectivity index (χ4v) is 4.11. The molecular weight excluding hydrogens is 380 g/mol. The van der Waals surface area contributed by atoms with Crippen LogP contribution in [0.5, 0.6) is 0 Å². The number of amides is 2. The van der Waals surface area contributed by atoms with Crippen LogP contribution >= 0.6 is 22.9 Å². The van der Waals surface area contributed by atoms with Gasteiger partial charge in [0, 0.05) is 28.5 Å². The van der Waals surface area contributed by atoms with E-state index in [4.69, 9.17) is 11.6 Å². The summed E-state index contributed by atoms with van der Waals surface area (Å²) < 4.78 is 0. The molecule has 3 aromatic rings. The summed E-state index contributed by atoms with van der Waals surface area (Å²) in [5, 5.41) is 5.34. The third-order valence-electron chi connectivity index (χ3n) is 4.52. The van der Waals surface area contributed by atoms with Crippen molar-refractivity contribution in [3.05, 3.63) is 81.0 Å². The van der Waals surface area contributed by atoms with E-state index >= 15 is 0 Å². The van der Waals surface area contributed by atoms with Crippen molar-refractivity contribution in [2.45, 2.75) is 12.8 Å². The molecule has 6 heteroatoms. The van der Waals surface area contributed by atoms with Crippen LogP contribution in [-0.4, -0.2) is 18.4 Å². The van der Waals surface area contributed by atoms with Crippen molar-refractivity contribution in [3.63, 3.8) is 0 Å². The van der Waals surface area contributed by atoms with Crippen molar-refractivity contribution in [1.82, 2.24) is 0 Å². The predicted molar refractivity (Wildman–Crippen MR) is 110 cm³/mol. The maximum Gasteiger partial charge on any atom is 0.268 e. The summed E-state index contributed by atoms with van der Waals surface area (Å²) in [7, 11) is 0. The Morgan fingerprint density at radius 3 is 2.74 bits per heavy atom. The largest absolute Gasteiger partial charge is 0.322 e. The number of nitrogens with one attached hydrogen (secondary N) is 1.